The maximum Gasteiger partial charge on any atom is 0.416 e. The molecule has 7 nitrogen and oxygen atoms in total. The fourth-order valence-electron chi connectivity index (χ4n) is 2.84. The summed E-state index contributed by atoms with van der Waals surface area (Å²) in [5.41, 5.74) is -0.113. The number of rotatable bonds is 8. The van der Waals surface area contributed by atoms with Gasteiger partial charge in [-0.25, -0.2) is 17.8 Å². The highest BCUT2D eigenvalue weighted by Crippen LogP contribution is 2.29. The van der Waals surface area contributed by atoms with Gasteiger partial charge in [-0.1, -0.05) is 0 Å². The molecule has 0 atom stereocenters. The summed E-state index contributed by atoms with van der Waals surface area (Å²) in [6, 6.07) is 13.1. The van der Waals surface area contributed by atoms with Crippen molar-refractivity contribution in [3.8, 4) is 17.0 Å². The number of benzene rings is 2. The minimum Gasteiger partial charge on any atom is -0.494 e. The Morgan fingerprint density at radius 1 is 1.00 bits per heavy atom. The third kappa shape index (κ3) is 5.74. The summed E-state index contributed by atoms with van der Waals surface area (Å²) < 4.78 is 71.4. The van der Waals surface area contributed by atoms with Gasteiger partial charge in [-0.15, -0.1) is 0 Å². The van der Waals surface area contributed by atoms with E-state index in [9.17, 15) is 26.4 Å². The molecule has 0 amide bonds. The monoisotopic (exact) mass is 467 g/mol. The van der Waals surface area contributed by atoms with Crippen LogP contribution in [-0.4, -0.2) is 31.3 Å². The number of ether oxygens (including phenoxy) is 1. The molecule has 170 valence electrons. The fourth-order valence-corrected chi connectivity index (χ4v) is 3.87. The van der Waals surface area contributed by atoms with Gasteiger partial charge in [0, 0.05) is 18.2 Å². The quantitative estimate of drug-likeness (QED) is 0.549. The van der Waals surface area contributed by atoms with Gasteiger partial charge in [0.25, 0.3) is 5.56 Å². The predicted octanol–water partition coefficient (Wildman–Crippen LogP) is 3.31. The first kappa shape index (κ1) is 23.5. The molecule has 3 rings (SSSR count). The summed E-state index contributed by atoms with van der Waals surface area (Å²) >= 11 is 0. The van der Waals surface area contributed by atoms with Crippen LogP contribution < -0.4 is 15.0 Å². The molecular weight excluding hydrogens is 447 g/mol. The molecule has 3 aromatic rings. The van der Waals surface area contributed by atoms with E-state index in [0.29, 0.717) is 30.2 Å². The molecule has 0 aliphatic rings. The summed E-state index contributed by atoms with van der Waals surface area (Å²) in [6.45, 7) is 2.16. The number of halogens is 3. The Bertz CT molecular complexity index is 1220. The first-order valence-electron chi connectivity index (χ1n) is 9.58. The summed E-state index contributed by atoms with van der Waals surface area (Å²) in [7, 11) is -4.05. The molecule has 0 bridgehead atoms. The smallest absolute Gasteiger partial charge is 0.416 e. The maximum atomic E-state index is 12.6. The largest absolute Gasteiger partial charge is 0.494 e. The van der Waals surface area contributed by atoms with Crippen molar-refractivity contribution in [2.75, 3.05) is 13.2 Å². The fraction of sp³-hybridized carbons (Fsp3) is 0.238. The van der Waals surface area contributed by atoms with E-state index in [1.54, 1.807) is 30.3 Å². The van der Waals surface area contributed by atoms with Gasteiger partial charge in [-0.2, -0.15) is 18.3 Å². The van der Waals surface area contributed by atoms with Crippen LogP contribution >= 0.6 is 0 Å². The average Bonchev–Trinajstić information content (AvgIpc) is 2.75. The number of aromatic nitrogens is 2. The molecule has 0 saturated carbocycles. The number of sulfonamides is 1. The highest BCUT2D eigenvalue weighted by molar-refractivity contribution is 7.89. The van der Waals surface area contributed by atoms with Crippen LogP contribution in [0.5, 0.6) is 5.75 Å². The van der Waals surface area contributed by atoms with Gasteiger partial charge in [0.1, 0.15) is 5.75 Å². The van der Waals surface area contributed by atoms with Crippen LogP contribution in [0.3, 0.4) is 0 Å². The lowest BCUT2D eigenvalue weighted by Gasteiger charge is -2.11. The van der Waals surface area contributed by atoms with Crippen LogP contribution in [0, 0.1) is 0 Å². The summed E-state index contributed by atoms with van der Waals surface area (Å²) in [6.07, 6.45) is -4.56. The highest BCUT2D eigenvalue weighted by atomic mass is 32.2. The number of nitrogens with zero attached hydrogens (tertiary/aromatic N) is 2. The van der Waals surface area contributed by atoms with E-state index in [4.69, 9.17) is 4.74 Å². The number of nitrogens with one attached hydrogen (secondary N) is 1. The van der Waals surface area contributed by atoms with Gasteiger partial charge in [-0.05, 0) is 61.5 Å². The zero-order valence-corrected chi connectivity index (χ0v) is 17.8. The molecule has 0 unspecified atom stereocenters. The Morgan fingerprint density at radius 3 is 2.25 bits per heavy atom. The van der Waals surface area contributed by atoms with Gasteiger partial charge in [0.2, 0.25) is 10.0 Å². The van der Waals surface area contributed by atoms with Crippen molar-refractivity contribution in [2.24, 2.45) is 0 Å². The molecule has 0 aliphatic carbocycles. The second-order valence-electron chi connectivity index (χ2n) is 6.66. The van der Waals surface area contributed by atoms with Crippen LogP contribution in [0.4, 0.5) is 13.2 Å². The average molecular weight is 467 g/mol. The van der Waals surface area contributed by atoms with Crippen molar-refractivity contribution in [1.82, 2.24) is 14.5 Å². The van der Waals surface area contributed by atoms with Crippen LogP contribution in [-0.2, 0) is 22.7 Å². The number of alkyl halides is 3. The summed E-state index contributed by atoms with van der Waals surface area (Å²) in [5, 5.41) is 4.25. The minimum absolute atomic E-state index is 0.0659. The first-order valence-corrected chi connectivity index (χ1v) is 11.1. The van der Waals surface area contributed by atoms with Gasteiger partial charge in [0.15, 0.2) is 0 Å². The molecule has 0 saturated heterocycles. The topological polar surface area (TPSA) is 90.3 Å². The minimum atomic E-state index is -4.56. The lowest BCUT2D eigenvalue weighted by molar-refractivity contribution is -0.137. The van der Waals surface area contributed by atoms with E-state index >= 15 is 0 Å². The van der Waals surface area contributed by atoms with Gasteiger partial charge >= 0.3 is 6.18 Å². The van der Waals surface area contributed by atoms with E-state index < -0.39 is 27.3 Å². The number of hydrogen-bond donors (Lipinski definition) is 1. The van der Waals surface area contributed by atoms with E-state index in [1.165, 1.54) is 6.07 Å². The Labute approximate surface area is 182 Å². The van der Waals surface area contributed by atoms with E-state index in [2.05, 4.69) is 9.82 Å². The molecule has 0 aliphatic heterocycles. The summed E-state index contributed by atoms with van der Waals surface area (Å²) in [5.74, 6) is 0.697. The number of hydrogen-bond acceptors (Lipinski definition) is 5. The molecule has 0 radical (unpaired) electrons. The Balaban J connectivity index is 1.69. The molecule has 1 N–H and O–H groups in total. The third-order valence-electron chi connectivity index (χ3n) is 4.44. The second kappa shape index (κ2) is 9.53. The lowest BCUT2D eigenvalue weighted by Crippen LogP contribution is -2.32. The Morgan fingerprint density at radius 2 is 1.66 bits per heavy atom. The normalized spacial score (nSPS) is 12.0. The van der Waals surface area contributed by atoms with Crippen LogP contribution in [0.25, 0.3) is 11.3 Å². The lowest BCUT2D eigenvalue weighted by atomic mass is 10.1. The summed E-state index contributed by atoms with van der Waals surface area (Å²) in [4.78, 5) is 11.8. The zero-order valence-electron chi connectivity index (χ0n) is 17.0. The third-order valence-corrected chi connectivity index (χ3v) is 5.91. The molecular formula is C21H20F3N3O4S. The van der Waals surface area contributed by atoms with Crippen LogP contribution in [0.1, 0.15) is 12.5 Å². The van der Waals surface area contributed by atoms with Crippen molar-refractivity contribution < 1.29 is 26.3 Å². The molecule has 32 heavy (non-hydrogen) atoms. The second-order valence-corrected chi connectivity index (χ2v) is 8.42. The van der Waals surface area contributed by atoms with Crippen molar-refractivity contribution in [3.05, 3.63) is 76.6 Å². The maximum absolute atomic E-state index is 12.6. The molecule has 1 heterocycles. The van der Waals surface area contributed by atoms with Crippen LogP contribution in [0.2, 0.25) is 0 Å². The van der Waals surface area contributed by atoms with E-state index in [0.717, 1.165) is 22.4 Å². The van der Waals surface area contributed by atoms with E-state index in [1.807, 2.05) is 6.92 Å². The Hall–Kier alpha value is -3.18. The van der Waals surface area contributed by atoms with Crippen molar-refractivity contribution >= 4 is 10.0 Å². The van der Waals surface area contributed by atoms with Gasteiger partial charge in [-0.3, -0.25) is 4.79 Å². The molecule has 11 heteroatoms. The van der Waals surface area contributed by atoms with Gasteiger partial charge in [0.05, 0.1) is 29.3 Å². The SMILES string of the molecule is CCOc1ccc(-c2ccc(=O)n(CCNS(=O)(=O)c3ccc(C(F)(F)F)cc3)n2)cc1. The van der Waals surface area contributed by atoms with E-state index in [-0.39, 0.29) is 18.0 Å². The van der Waals surface area contributed by atoms with Crippen LogP contribution in [0.15, 0.2) is 70.4 Å². The molecule has 1 aromatic heterocycles. The Kier molecular flexibility index (Phi) is 6.99. The first-order chi connectivity index (χ1) is 15.1. The highest BCUT2D eigenvalue weighted by Gasteiger charge is 2.30. The zero-order chi connectivity index (χ0) is 23.4. The van der Waals surface area contributed by atoms with Crippen molar-refractivity contribution in [1.29, 1.82) is 0 Å². The van der Waals surface area contributed by atoms with Crippen molar-refractivity contribution in [3.63, 3.8) is 0 Å². The predicted molar refractivity (Wildman–Crippen MR) is 112 cm³/mol. The standard InChI is InChI=1S/C21H20F3N3O4S/c1-2-31-17-7-3-15(4-8-17)19-11-12-20(28)27(26-19)14-13-25-32(29,30)18-9-5-16(6-10-18)21(22,23)24/h3-12,25H,2,13-14H2,1H3. The molecule has 0 spiro atoms. The molecule has 2 aromatic carbocycles. The van der Waals surface area contributed by atoms with Gasteiger partial charge < -0.3 is 4.74 Å². The molecule has 0 fully saturated rings. The van der Waals surface area contributed by atoms with Crippen molar-refractivity contribution in [2.45, 2.75) is 24.5 Å².